The van der Waals surface area contributed by atoms with Crippen molar-refractivity contribution < 1.29 is 9.47 Å². The summed E-state index contributed by atoms with van der Waals surface area (Å²) in [6.07, 6.45) is 0. The number of nitrogens with two attached hydrogens (primary N) is 1. The lowest BCUT2D eigenvalue weighted by Gasteiger charge is -2.11. The Bertz CT molecular complexity index is 780. The smallest absolute Gasteiger partial charge is 0.206 e. The largest absolute Gasteiger partial charge is 0.495 e. The average Bonchev–Trinajstić information content (AvgIpc) is 2.84. The Kier molecular flexibility index (Phi) is 3.39. The number of hydrogen-bond acceptors (Lipinski definition) is 4. The van der Waals surface area contributed by atoms with Crippen molar-refractivity contribution in [3.63, 3.8) is 0 Å². The predicted octanol–water partition coefficient (Wildman–Crippen LogP) is 3.02. The Labute approximate surface area is 122 Å². The maximum absolute atomic E-state index is 6.11. The molecular formula is C16H17N3O2. The molecule has 0 unspecified atom stereocenters. The molecule has 108 valence electrons. The normalized spacial score (nSPS) is 10.8. The average molecular weight is 283 g/mol. The zero-order chi connectivity index (χ0) is 14.8. The number of rotatable bonds is 4. The number of methoxy groups -OCH3 is 1. The summed E-state index contributed by atoms with van der Waals surface area (Å²) < 4.78 is 12.9. The molecule has 3 rings (SSSR count). The van der Waals surface area contributed by atoms with E-state index in [0.29, 0.717) is 12.6 Å². The van der Waals surface area contributed by atoms with Crippen LogP contribution in [0, 0.1) is 0 Å². The molecule has 0 spiro atoms. The van der Waals surface area contributed by atoms with Gasteiger partial charge in [-0.1, -0.05) is 18.2 Å². The molecule has 0 saturated carbocycles. The molecule has 0 amide bonds. The fraction of sp³-hybridized carbons (Fsp3) is 0.188. The number of nitrogens with zero attached hydrogens (tertiary/aromatic N) is 2. The van der Waals surface area contributed by atoms with Crippen LogP contribution in [0.25, 0.3) is 16.7 Å². The zero-order valence-electron chi connectivity index (χ0n) is 12.0. The lowest BCUT2D eigenvalue weighted by Crippen LogP contribution is -2.02. The van der Waals surface area contributed by atoms with E-state index in [1.54, 1.807) is 7.11 Å². The Hall–Kier alpha value is -2.69. The van der Waals surface area contributed by atoms with Gasteiger partial charge in [-0.05, 0) is 31.2 Å². The third-order valence-electron chi connectivity index (χ3n) is 3.30. The Morgan fingerprint density at radius 1 is 1.10 bits per heavy atom. The fourth-order valence-corrected chi connectivity index (χ4v) is 2.43. The number of hydrogen-bond donors (Lipinski definition) is 1. The molecular weight excluding hydrogens is 266 g/mol. The molecule has 0 radical (unpaired) electrons. The number of para-hydroxylation sites is 3. The second-order valence-corrected chi connectivity index (χ2v) is 4.53. The zero-order valence-corrected chi connectivity index (χ0v) is 12.0. The standard InChI is InChI=1S/C16H17N3O2/c1-3-21-14-10-6-8-12-15(14)18-16(17)19(12)11-7-4-5-9-13(11)20-2/h4-10H,3H2,1-2H3,(H2,17,18). The molecule has 2 N–H and O–H groups in total. The van der Waals surface area contributed by atoms with Gasteiger partial charge >= 0.3 is 0 Å². The van der Waals surface area contributed by atoms with Crippen molar-refractivity contribution in [2.24, 2.45) is 0 Å². The van der Waals surface area contributed by atoms with Gasteiger partial charge in [0.1, 0.15) is 17.0 Å². The van der Waals surface area contributed by atoms with Crippen LogP contribution in [-0.2, 0) is 0 Å². The first-order valence-electron chi connectivity index (χ1n) is 6.79. The van der Waals surface area contributed by atoms with Crippen molar-refractivity contribution in [2.45, 2.75) is 6.92 Å². The van der Waals surface area contributed by atoms with Crippen LogP contribution in [0.1, 0.15) is 6.92 Å². The summed E-state index contributed by atoms with van der Waals surface area (Å²) in [6, 6.07) is 13.5. The number of benzene rings is 2. The van der Waals surface area contributed by atoms with Gasteiger partial charge in [0.05, 0.1) is 24.9 Å². The first kappa shape index (κ1) is 13.3. The van der Waals surface area contributed by atoms with Crippen molar-refractivity contribution in [3.05, 3.63) is 42.5 Å². The number of ether oxygens (including phenoxy) is 2. The lowest BCUT2D eigenvalue weighted by molar-refractivity contribution is 0.344. The quantitative estimate of drug-likeness (QED) is 0.799. The van der Waals surface area contributed by atoms with Gasteiger partial charge in [-0.15, -0.1) is 0 Å². The highest BCUT2D eigenvalue weighted by Gasteiger charge is 2.16. The fourth-order valence-electron chi connectivity index (χ4n) is 2.43. The van der Waals surface area contributed by atoms with E-state index >= 15 is 0 Å². The van der Waals surface area contributed by atoms with Crippen molar-refractivity contribution >= 4 is 17.0 Å². The Balaban J connectivity index is 2.28. The van der Waals surface area contributed by atoms with Crippen LogP contribution < -0.4 is 15.2 Å². The molecule has 3 aromatic rings. The van der Waals surface area contributed by atoms with Gasteiger partial charge in [0, 0.05) is 0 Å². The Morgan fingerprint density at radius 2 is 1.86 bits per heavy atom. The third kappa shape index (κ3) is 2.16. The highest BCUT2D eigenvalue weighted by molar-refractivity contribution is 5.86. The number of anilines is 1. The SMILES string of the molecule is CCOc1cccc2c1nc(N)n2-c1ccccc1OC. The summed E-state index contributed by atoms with van der Waals surface area (Å²) in [5.41, 5.74) is 8.61. The number of aromatic nitrogens is 2. The van der Waals surface area contributed by atoms with Gasteiger partial charge in [0.2, 0.25) is 5.95 Å². The molecule has 0 saturated heterocycles. The molecule has 5 heteroatoms. The van der Waals surface area contributed by atoms with E-state index < -0.39 is 0 Å². The highest BCUT2D eigenvalue weighted by Crippen LogP contribution is 2.32. The predicted molar refractivity (Wildman–Crippen MR) is 83.2 cm³/mol. The number of fused-ring (bicyclic) bond motifs is 1. The monoisotopic (exact) mass is 283 g/mol. The molecule has 0 aliphatic heterocycles. The summed E-state index contributed by atoms with van der Waals surface area (Å²) in [4.78, 5) is 4.44. The molecule has 2 aromatic carbocycles. The van der Waals surface area contributed by atoms with E-state index in [-0.39, 0.29) is 0 Å². The molecule has 21 heavy (non-hydrogen) atoms. The van der Waals surface area contributed by atoms with Crippen LogP contribution in [-0.4, -0.2) is 23.3 Å². The molecule has 0 atom stereocenters. The second-order valence-electron chi connectivity index (χ2n) is 4.53. The van der Waals surface area contributed by atoms with E-state index in [2.05, 4.69) is 4.98 Å². The number of nitrogen functional groups attached to an aromatic ring is 1. The summed E-state index contributed by atoms with van der Waals surface area (Å²) in [5.74, 6) is 1.88. The molecule has 1 aromatic heterocycles. The van der Waals surface area contributed by atoms with Crippen LogP contribution >= 0.6 is 0 Å². The first-order valence-corrected chi connectivity index (χ1v) is 6.79. The molecule has 5 nitrogen and oxygen atoms in total. The summed E-state index contributed by atoms with van der Waals surface area (Å²) >= 11 is 0. The van der Waals surface area contributed by atoms with Crippen LogP contribution in [0.3, 0.4) is 0 Å². The highest BCUT2D eigenvalue weighted by atomic mass is 16.5. The van der Waals surface area contributed by atoms with E-state index in [4.69, 9.17) is 15.2 Å². The molecule has 0 aliphatic rings. The van der Waals surface area contributed by atoms with Crippen LogP contribution in [0.5, 0.6) is 11.5 Å². The summed E-state index contributed by atoms with van der Waals surface area (Å²) in [5, 5.41) is 0. The van der Waals surface area contributed by atoms with Crippen molar-refractivity contribution in [1.29, 1.82) is 0 Å². The van der Waals surface area contributed by atoms with Crippen molar-refractivity contribution in [1.82, 2.24) is 9.55 Å². The molecule has 0 aliphatic carbocycles. The summed E-state index contributed by atoms with van der Waals surface area (Å²) in [6.45, 7) is 2.53. The van der Waals surface area contributed by atoms with Gasteiger partial charge < -0.3 is 15.2 Å². The van der Waals surface area contributed by atoms with E-state index in [9.17, 15) is 0 Å². The van der Waals surface area contributed by atoms with Crippen molar-refractivity contribution in [3.8, 4) is 17.2 Å². The van der Waals surface area contributed by atoms with E-state index in [0.717, 1.165) is 28.2 Å². The minimum atomic E-state index is 0.404. The maximum Gasteiger partial charge on any atom is 0.206 e. The van der Waals surface area contributed by atoms with Gasteiger partial charge in [-0.25, -0.2) is 4.98 Å². The minimum Gasteiger partial charge on any atom is -0.495 e. The molecule has 0 bridgehead atoms. The molecule has 0 fully saturated rings. The van der Waals surface area contributed by atoms with Crippen LogP contribution in [0.15, 0.2) is 42.5 Å². The Morgan fingerprint density at radius 3 is 2.62 bits per heavy atom. The summed E-state index contributed by atoms with van der Waals surface area (Å²) in [7, 11) is 1.64. The van der Waals surface area contributed by atoms with Gasteiger partial charge in [0.25, 0.3) is 0 Å². The molecule has 1 heterocycles. The lowest BCUT2D eigenvalue weighted by atomic mass is 10.2. The first-order chi connectivity index (χ1) is 10.3. The van der Waals surface area contributed by atoms with Crippen molar-refractivity contribution in [2.75, 3.05) is 19.5 Å². The maximum atomic E-state index is 6.11. The second kappa shape index (κ2) is 5.36. The van der Waals surface area contributed by atoms with E-state index in [1.165, 1.54) is 0 Å². The van der Waals surface area contributed by atoms with Gasteiger partial charge in [-0.3, -0.25) is 4.57 Å². The number of imidazole rings is 1. The van der Waals surface area contributed by atoms with E-state index in [1.807, 2.05) is 54.0 Å². The van der Waals surface area contributed by atoms with Crippen LogP contribution in [0.4, 0.5) is 5.95 Å². The third-order valence-corrected chi connectivity index (χ3v) is 3.30. The minimum absolute atomic E-state index is 0.404. The van der Waals surface area contributed by atoms with Crippen LogP contribution in [0.2, 0.25) is 0 Å². The van der Waals surface area contributed by atoms with Gasteiger partial charge in [-0.2, -0.15) is 0 Å². The topological polar surface area (TPSA) is 62.3 Å². The van der Waals surface area contributed by atoms with Gasteiger partial charge in [0.15, 0.2) is 0 Å².